The van der Waals surface area contributed by atoms with Gasteiger partial charge in [-0.3, -0.25) is 9.48 Å². The number of primary amides is 1. The summed E-state index contributed by atoms with van der Waals surface area (Å²) in [5.74, 6) is -0.0158. The second-order valence-corrected chi connectivity index (χ2v) is 6.46. The lowest BCUT2D eigenvalue weighted by atomic mass is 9.93. The fraction of sp³-hybridized carbons (Fsp3) is 0.263. The van der Waals surface area contributed by atoms with Crippen LogP contribution >= 0.6 is 0 Å². The molecule has 3 aromatic rings. The first-order chi connectivity index (χ1) is 13.2. The molecule has 1 amide bonds. The average Bonchev–Trinajstić information content (AvgIpc) is 3.06. The Morgan fingerprint density at radius 3 is 2.78 bits per heavy atom. The van der Waals surface area contributed by atoms with Gasteiger partial charge in [-0.2, -0.15) is 5.10 Å². The fourth-order valence-electron chi connectivity index (χ4n) is 3.37. The molecule has 27 heavy (non-hydrogen) atoms. The van der Waals surface area contributed by atoms with Crippen LogP contribution < -0.4 is 16.8 Å². The fourth-order valence-corrected chi connectivity index (χ4v) is 3.37. The first kappa shape index (κ1) is 17.2. The molecule has 0 saturated heterocycles. The summed E-state index contributed by atoms with van der Waals surface area (Å²) in [7, 11) is 0. The standard InChI is InChI=1S/C19H21N7O/c20-9-4-10-26-17-14(16(25-26)18(21)27)8-7-12-11-22-19(24-15(12)17)23-13-5-2-1-3-6-13/h1-3,5-6,11H,4,7-10,20H2,(H2,21,27)(H,22,23,24). The van der Waals surface area contributed by atoms with Crippen molar-refractivity contribution in [1.29, 1.82) is 0 Å². The van der Waals surface area contributed by atoms with Crippen molar-refractivity contribution in [2.75, 3.05) is 11.9 Å². The minimum absolute atomic E-state index is 0.323. The third-order valence-electron chi connectivity index (χ3n) is 4.62. The highest BCUT2D eigenvalue weighted by Crippen LogP contribution is 2.34. The van der Waals surface area contributed by atoms with E-state index in [-0.39, 0.29) is 0 Å². The number of benzene rings is 1. The smallest absolute Gasteiger partial charge is 0.269 e. The lowest BCUT2D eigenvalue weighted by Crippen LogP contribution is -2.16. The first-order valence-electron chi connectivity index (χ1n) is 8.95. The maximum atomic E-state index is 11.9. The molecule has 2 aromatic heterocycles. The van der Waals surface area contributed by atoms with E-state index in [1.165, 1.54) is 0 Å². The van der Waals surface area contributed by atoms with Crippen molar-refractivity contribution >= 4 is 17.5 Å². The van der Waals surface area contributed by atoms with E-state index in [2.05, 4.69) is 15.4 Å². The summed E-state index contributed by atoms with van der Waals surface area (Å²) in [5.41, 5.74) is 16.0. The molecule has 8 heteroatoms. The highest BCUT2D eigenvalue weighted by atomic mass is 16.1. The van der Waals surface area contributed by atoms with Crippen LogP contribution in [0.3, 0.4) is 0 Å². The molecule has 1 aliphatic carbocycles. The summed E-state index contributed by atoms with van der Waals surface area (Å²) >= 11 is 0. The Labute approximate surface area is 156 Å². The average molecular weight is 363 g/mol. The molecule has 0 saturated carbocycles. The summed E-state index contributed by atoms with van der Waals surface area (Å²) in [6.07, 6.45) is 4.03. The predicted molar refractivity (Wildman–Crippen MR) is 103 cm³/mol. The van der Waals surface area contributed by atoms with E-state index in [9.17, 15) is 4.79 Å². The Bertz CT molecular complexity index is 981. The van der Waals surface area contributed by atoms with Gasteiger partial charge in [0.05, 0.1) is 11.4 Å². The Hall–Kier alpha value is -3.26. The number of fused-ring (bicyclic) bond motifs is 3. The van der Waals surface area contributed by atoms with E-state index in [0.29, 0.717) is 31.2 Å². The van der Waals surface area contributed by atoms with Gasteiger partial charge in [0.25, 0.3) is 5.91 Å². The minimum Gasteiger partial charge on any atom is -0.364 e. The van der Waals surface area contributed by atoms with Crippen LogP contribution in [0.1, 0.15) is 28.0 Å². The molecule has 0 fully saturated rings. The molecule has 0 atom stereocenters. The van der Waals surface area contributed by atoms with Crippen molar-refractivity contribution in [3.63, 3.8) is 0 Å². The molecule has 8 nitrogen and oxygen atoms in total. The second kappa shape index (κ2) is 7.16. The van der Waals surface area contributed by atoms with E-state index < -0.39 is 5.91 Å². The number of carbonyl (C=O) groups excluding carboxylic acids is 1. The molecule has 1 aromatic carbocycles. The van der Waals surface area contributed by atoms with Gasteiger partial charge in [-0.05, 0) is 43.5 Å². The molecule has 2 heterocycles. The van der Waals surface area contributed by atoms with Crippen molar-refractivity contribution < 1.29 is 4.79 Å². The number of nitrogens with zero attached hydrogens (tertiary/aromatic N) is 4. The molecule has 4 rings (SSSR count). The van der Waals surface area contributed by atoms with Gasteiger partial charge in [0.15, 0.2) is 5.69 Å². The number of para-hydroxylation sites is 1. The molecule has 0 aliphatic heterocycles. The van der Waals surface area contributed by atoms with Gasteiger partial charge < -0.3 is 16.8 Å². The Balaban J connectivity index is 1.78. The molecule has 0 unspecified atom stereocenters. The molecular formula is C19H21N7O. The number of anilines is 2. The highest BCUT2D eigenvalue weighted by molar-refractivity contribution is 5.94. The van der Waals surface area contributed by atoms with Crippen LogP contribution in [0.2, 0.25) is 0 Å². The van der Waals surface area contributed by atoms with Crippen LogP contribution in [0.15, 0.2) is 36.5 Å². The number of aryl methyl sites for hydroxylation is 2. The summed E-state index contributed by atoms with van der Waals surface area (Å²) < 4.78 is 1.81. The van der Waals surface area contributed by atoms with E-state index in [1.807, 2.05) is 36.5 Å². The summed E-state index contributed by atoms with van der Waals surface area (Å²) in [6.45, 7) is 1.15. The Morgan fingerprint density at radius 1 is 1.22 bits per heavy atom. The molecule has 138 valence electrons. The van der Waals surface area contributed by atoms with Crippen molar-refractivity contribution in [1.82, 2.24) is 19.7 Å². The zero-order valence-electron chi connectivity index (χ0n) is 14.9. The van der Waals surface area contributed by atoms with Gasteiger partial charge in [0, 0.05) is 24.0 Å². The van der Waals surface area contributed by atoms with E-state index in [4.69, 9.17) is 16.5 Å². The normalized spacial score (nSPS) is 12.3. The molecule has 0 spiro atoms. The number of hydrogen-bond donors (Lipinski definition) is 3. The monoisotopic (exact) mass is 363 g/mol. The molecular weight excluding hydrogens is 342 g/mol. The first-order valence-corrected chi connectivity index (χ1v) is 8.95. The third-order valence-corrected chi connectivity index (χ3v) is 4.62. The third kappa shape index (κ3) is 3.26. The van der Waals surface area contributed by atoms with Gasteiger partial charge in [0.2, 0.25) is 5.95 Å². The maximum Gasteiger partial charge on any atom is 0.269 e. The number of amides is 1. The van der Waals surface area contributed by atoms with Crippen LogP contribution in [-0.4, -0.2) is 32.2 Å². The van der Waals surface area contributed by atoms with Crippen LogP contribution in [0.5, 0.6) is 0 Å². The van der Waals surface area contributed by atoms with Gasteiger partial charge in [-0.1, -0.05) is 18.2 Å². The number of aromatic nitrogens is 4. The van der Waals surface area contributed by atoms with Crippen molar-refractivity contribution in [2.45, 2.75) is 25.8 Å². The van der Waals surface area contributed by atoms with Crippen LogP contribution in [0.4, 0.5) is 11.6 Å². The zero-order chi connectivity index (χ0) is 18.8. The van der Waals surface area contributed by atoms with Crippen molar-refractivity contribution in [2.24, 2.45) is 11.5 Å². The SMILES string of the molecule is NCCCn1nc(C(N)=O)c2c1-c1nc(Nc3ccccc3)ncc1CC2. The molecule has 1 aliphatic rings. The summed E-state index contributed by atoms with van der Waals surface area (Å²) in [4.78, 5) is 21.0. The molecule has 0 bridgehead atoms. The quantitative estimate of drug-likeness (QED) is 0.611. The van der Waals surface area contributed by atoms with Gasteiger partial charge in [-0.15, -0.1) is 0 Å². The molecule has 5 N–H and O–H groups in total. The highest BCUT2D eigenvalue weighted by Gasteiger charge is 2.28. The maximum absolute atomic E-state index is 11.9. The van der Waals surface area contributed by atoms with Gasteiger partial charge in [0.1, 0.15) is 0 Å². The number of rotatable bonds is 6. The second-order valence-electron chi connectivity index (χ2n) is 6.46. The Kier molecular flexibility index (Phi) is 4.55. The van der Waals surface area contributed by atoms with Crippen LogP contribution in [0, 0.1) is 0 Å². The van der Waals surface area contributed by atoms with E-state index >= 15 is 0 Å². The minimum atomic E-state index is -0.516. The van der Waals surface area contributed by atoms with E-state index in [1.54, 1.807) is 4.68 Å². The number of nitrogens with two attached hydrogens (primary N) is 2. The van der Waals surface area contributed by atoms with Gasteiger partial charge >= 0.3 is 0 Å². The van der Waals surface area contributed by atoms with Crippen molar-refractivity contribution in [3.8, 4) is 11.4 Å². The summed E-state index contributed by atoms with van der Waals surface area (Å²) in [6, 6.07) is 9.74. The lowest BCUT2D eigenvalue weighted by Gasteiger charge is -2.18. The largest absolute Gasteiger partial charge is 0.364 e. The zero-order valence-corrected chi connectivity index (χ0v) is 14.9. The number of carbonyl (C=O) groups is 1. The van der Waals surface area contributed by atoms with Crippen LogP contribution in [-0.2, 0) is 19.4 Å². The topological polar surface area (TPSA) is 125 Å². The number of nitrogens with one attached hydrogen (secondary N) is 1. The lowest BCUT2D eigenvalue weighted by molar-refractivity contribution is 0.0994. The van der Waals surface area contributed by atoms with Crippen molar-refractivity contribution in [3.05, 3.63) is 53.3 Å². The van der Waals surface area contributed by atoms with E-state index in [0.717, 1.165) is 41.0 Å². The van der Waals surface area contributed by atoms with Crippen LogP contribution in [0.25, 0.3) is 11.4 Å². The van der Waals surface area contributed by atoms with Gasteiger partial charge in [-0.25, -0.2) is 9.97 Å². The summed E-state index contributed by atoms with van der Waals surface area (Å²) in [5, 5.41) is 7.66. The Morgan fingerprint density at radius 2 is 2.04 bits per heavy atom. The number of hydrogen-bond acceptors (Lipinski definition) is 6. The molecule has 0 radical (unpaired) electrons. The predicted octanol–water partition coefficient (Wildman–Crippen LogP) is 1.63.